The predicted molar refractivity (Wildman–Crippen MR) is 68.2 cm³/mol. The zero-order chi connectivity index (χ0) is 15.6. The molecule has 7 heteroatoms. The number of rotatable bonds is 2. The molecule has 2 rings (SSSR count). The first-order valence-electron chi connectivity index (χ1n) is 5.55. The summed E-state index contributed by atoms with van der Waals surface area (Å²) in [7, 11) is 0. The van der Waals surface area contributed by atoms with E-state index in [1.54, 1.807) is 6.07 Å². The van der Waals surface area contributed by atoms with Crippen LogP contribution < -0.4 is 4.74 Å². The van der Waals surface area contributed by atoms with Gasteiger partial charge in [0.25, 0.3) is 0 Å². The number of nitrogens with zero attached hydrogens (tertiary/aromatic N) is 1. The van der Waals surface area contributed by atoms with Crippen molar-refractivity contribution in [2.24, 2.45) is 0 Å². The van der Waals surface area contributed by atoms with E-state index in [0.717, 1.165) is 24.3 Å². The molecule has 0 aliphatic carbocycles. The van der Waals surface area contributed by atoms with Crippen LogP contribution in [0, 0.1) is 17.1 Å². The number of nitriles is 1. The summed E-state index contributed by atoms with van der Waals surface area (Å²) >= 11 is 5.75. The van der Waals surface area contributed by atoms with Crippen molar-refractivity contribution in [1.82, 2.24) is 0 Å². The number of alkyl halides is 3. The average molecular weight is 316 g/mol. The van der Waals surface area contributed by atoms with Gasteiger partial charge in [0.1, 0.15) is 11.6 Å². The molecule has 0 aromatic heterocycles. The molecular formula is C14H6ClF4NO. The minimum Gasteiger partial charge on any atom is -0.406 e. The maximum atomic E-state index is 13.8. The molecule has 0 aliphatic heterocycles. The molecule has 0 spiro atoms. The summed E-state index contributed by atoms with van der Waals surface area (Å²) in [5, 5.41) is 9.19. The molecule has 0 saturated heterocycles. The van der Waals surface area contributed by atoms with Gasteiger partial charge in [-0.25, -0.2) is 4.39 Å². The summed E-state index contributed by atoms with van der Waals surface area (Å²) in [4.78, 5) is 0. The fraction of sp³-hybridized carbons (Fsp3) is 0.0714. The van der Waals surface area contributed by atoms with Gasteiger partial charge in [-0.3, -0.25) is 0 Å². The first-order valence-corrected chi connectivity index (χ1v) is 5.93. The highest BCUT2D eigenvalue weighted by molar-refractivity contribution is 6.30. The Kier molecular flexibility index (Phi) is 4.05. The standard InChI is InChI=1S/C14H6ClF4NO/c15-9-2-4-13(16)12(5-9)11-6-10(21-14(17,18)19)3-1-8(11)7-20/h1-6H. The van der Waals surface area contributed by atoms with Crippen molar-refractivity contribution in [3.05, 3.63) is 52.8 Å². The number of halogens is 5. The van der Waals surface area contributed by atoms with Crippen molar-refractivity contribution < 1.29 is 22.3 Å². The molecule has 2 nitrogen and oxygen atoms in total. The van der Waals surface area contributed by atoms with Gasteiger partial charge in [0.2, 0.25) is 0 Å². The van der Waals surface area contributed by atoms with E-state index in [-0.39, 0.29) is 21.7 Å². The molecule has 0 radical (unpaired) electrons. The van der Waals surface area contributed by atoms with E-state index in [4.69, 9.17) is 16.9 Å². The average Bonchev–Trinajstić information content (AvgIpc) is 2.39. The molecule has 108 valence electrons. The van der Waals surface area contributed by atoms with Gasteiger partial charge in [0.15, 0.2) is 0 Å². The van der Waals surface area contributed by atoms with Crippen LogP contribution in [-0.2, 0) is 0 Å². The van der Waals surface area contributed by atoms with Crippen molar-refractivity contribution >= 4 is 11.6 Å². The Morgan fingerprint density at radius 1 is 1.05 bits per heavy atom. The largest absolute Gasteiger partial charge is 0.573 e. The second-order valence-corrected chi connectivity index (χ2v) is 4.43. The van der Waals surface area contributed by atoms with Crippen molar-refractivity contribution in [2.45, 2.75) is 6.36 Å². The lowest BCUT2D eigenvalue weighted by Crippen LogP contribution is -2.17. The molecular weight excluding hydrogens is 310 g/mol. The van der Waals surface area contributed by atoms with Crippen molar-refractivity contribution in [2.75, 3.05) is 0 Å². The van der Waals surface area contributed by atoms with Crippen LogP contribution in [-0.4, -0.2) is 6.36 Å². The molecule has 0 heterocycles. The third kappa shape index (κ3) is 3.64. The molecule has 0 aliphatic rings. The van der Waals surface area contributed by atoms with E-state index >= 15 is 0 Å². The summed E-state index contributed by atoms with van der Waals surface area (Å²) < 4.78 is 54.2. The highest BCUT2D eigenvalue weighted by Gasteiger charge is 2.31. The Labute approximate surface area is 122 Å². The molecule has 0 bridgehead atoms. The Hall–Kier alpha value is -2.26. The lowest BCUT2D eigenvalue weighted by Gasteiger charge is -2.12. The van der Waals surface area contributed by atoms with Gasteiger partial charge in [-0.2, -0.15) is 5.26 Å². The lowest BCUT2D eigenvalue weighted by molar-refractivity contribution is -0.274. The molecule has 2 aromatic rings. The van der Waals surface area contributed by atoms with Gasteiger partial charge in [-0.15, -0.1) is 13.2 Å². The second-order valence-electron chi connectivity index (χ2n) is 3.99. The summed E-state index contributed by atoms with van der Waals surface area (Å²) in [5.74, 6) is -1.25. The molecule has 0 amide bonds. The number of hydrogen-bond donors (Lipinski definition) is 0. The van der Waals surface area contributed by atoms with Crippen LogP contribution in [0.1, 0.15) is 5.56 Å². The van der Waals surface area contributed by atoms with Crippen LogP contribution in [0.25, 0.3) is 11.1 Å². The number of benzene rings is 2. The van der Waals surface area contributed by atoms with E-state index < -0.39 is 17.9 Å². The molecule has 0 unspecified atom stereocenters. The molecule has 0 fully saturated rings. The van der Waals surface area contributed by atoms with E-state index in [1.165, 1.54) is 12.1 Å². The fourth-order valence-corrected chi connectivity index (χ4v) is 1.92. The SMILES string of the molecule is N#Cc1ccc(OC(F)(F)F)cc1-c1cc(Cl)ccc1F. The third-order valence-corrected chi connectivity index (χ3v) is 2.80. The van der Waals surface area contributed by atoms with Crippen LogP contribution in [0.2, 0.25) is 5.02 Å². The van der Waals surface area contributed by atoms with Crippen molar-refractivity contribution in [3.8, 4) is 22.9 Å². The van der Waals surface area contributed by atoms with E-state index in [0.29, 0.717) is 0 Å². The zero-order valence-electron chi connectivity index (χ0n) is 10.2. The van der Waals surface area contributed by atoms with Crippen LogP contribution in [0.4, 0.5) is 17.6 Å². The summed E-state index contributed by atoms with van der Waals surface area (Å²) in [6.07, 6.45) is -4.88. The fourth-order valence-electron chi connectivity index (χ4n) is 1.74. The molecule has 0 atom stereocenters. The Balaban J connectivity index is 2.58. The van der Waals surface area contributed by atoms with Gasteiger partial charge >= 0.3 is 6.36 Å². The maximum absolute atomic E-state index is 13.8. The number of ether oxygens (including phenoxy) is 1. The summed E-state index contributed by atoms with van der Waals surface area (Å²) in [6.45, 7) is 0. The quantitative estimate of drug-likeness (QED) is 0.737. The van der Waals surface area contributed by atoms with Gasteiger partial charge in [0, 0.05) is 16.1 Å². The maximum Gasteiger partial charge on any atom is 0.573 e. The monoisotopic (exact) mass is 315 g/mol. The Morgan fingerprint density at radius 2 is 1.76 bits per heavy atom. The number of hydrogen-bond acceptors (Lipinski definition) is 2. The smallest absolute Gasteiger partial charge is 0.406 e. The van der Waals surface area contributed by atoms with Crippen LogP contribution in [0.3, 0.4) is 0 Å². The minimum absolute atomic E-state index is 0.00527. The van der Waals surface area contributed by atoms with Crippen LogP contribution in [0.5, 0.6) is 5.75 Å². The van der Waals surface area contributed by atoms with Gasteiger partial charge in [-0.05, 0) is 36.4 Å². The highest BCUT2D eigenvalue weighted by Crippen LogP contribution is 2.33. The third-order valence-electron chi connectivity index (χ3n) is 2.56. The Morgan fingerprint density at radius 3 is 2.38 bits per heavy atom. The van der Waals surface area contributed by atoms with Gasteiger partial charge in [-0.1, -0.05) is 11.6 Å². The summed E-state index contributed by atoms with van der Waals surface area (Å²) in [6, 6.07) is 8.42. The van der Waals surface area contributed by atoms with E-state index in [2.05, 4.69) is 4.74 Å². The zero-order valence-corrected chi connectivity index (χ0v) is 11.0. The molecule has 21 heavy (non-hydrogen) atoms. The van der Waals surface area contributed by atoms with Crippen molar-refractivity contribution in [1.29, 1.82) is 5.26 Å². The summed E-state index contributed by atoms with van der Waals surface area (Å²) in [5.41, 5.74) is -0.100. The van der Waals surface area contributed by atoms with Crippen LogP contribution in [0.15, 0.2) is 36.4 Å². The van der Waals surface area contributed by atoms with Gasteiger partial charge in [0.05, 0.1) is 11.6 Å². The van der Waals surface area contributed by atoms with Crippen LogP contribution >= 0.6 is 11.6 Å². The van der Waals surface area contributed by atoms with E-state index in [1.807, 2.05) is 0 Å². The Bertz CT molecular complexity index is 722. The molecule has 2 aromatic carbocycles. The molecule has 0 saturated carbocycles. The normalized spacial score (nSPS) is 11.0. The van der Waals surface area contributed by atoms with Gasteiger partial charge < -0.3 is 4.74 Å². The highest BCUT2D eigenvalue weighted by atomic mass is 35.5. The predicted octanol–water partition coefficient (Wildman–Crippen LogP) is 4.92. The van der Waals surface area contributed by atoms with E-state index in [9.17, 15) is 17.6 Å². The first-order chi connectivity index (χ1) is 9.80. The minimum atomic E-state index is -4.88. The molecule has 0 N–H and O–H groups in total. The second kappa shape index (κ2) is 5.62. The topological polar surface area (TPSA) is 33.0 Å². The lowest BCUT2D eigenvalue weighted by atomic mass is 9.99. The van der Waals surface area contributed by atoms with Crippen molar-refractivity contribution in [3.63, 3.8) is 0 Å². The first kappa shape index (κ1) is 15.1.